The number of para-hydroxylation sites is 2. The molecule has 0 unspecified atom stereocenters. The van der Waals surface area contributed by atoms with E-state index in [-0.39, 0.29) is 11.6 Å². The summed E-state index contributed by atoms with van der Waals surface area (Å²) in [7, 11) is 0. The second-order valence-corrected chi connectivity index (χ2v) is 4.15. The number of ether oxygens (including phenoxy) is 2. The Morgan fingerprint density at radius 3 is 2.42 bits per heavy atom. The van der Waals surface area contributed by atoms with Gasteiger partial charge in [-0.15, -0.1) is 11.6 Å². The molecule has 0 bridgehead atoms. The molecule has 0 radical (unpaired) electrons. The van der Waals surface area contributed by atoms with Crippen molar-refractivity contribution in [2.45, 2.75) is 12.8 Å². The van der Waals surface area contributed by atoms with Gasteiger partial charge in [-0.3, -0.25) is 0 Å². The Balaban J connectivity index is 2.26. The Kier molecular flexibility index (Phi) is 4.63. The Hall–Kier alpha value is -1.74. The van der Waals surface area contributed by atoms with E-state index >= 15 is 0 Å². The summed E-state index contributed by atoms with van der Waals surface area (Å²) >= 11 is 5.65. The van der Waals surface area contributed by atoms with Crippen LogP contribution in [0.25, 0.3) is 0 Å². The van der Waals surface area contributed by atoms with Gasteiger partial charge in [0.1, 0.15) is 0 Å². The van der Waals surface area contributed by atoms with Crippen LogP contribution >= 0.6 is 11.6 Å². The summed E-state index contributed by atoms with van der Waals surface area (Å²) < 4.78 is 24.8. The summed E-state index contributed by atoms with van der Waals surface area (Å²) in [5.41, 5.74) is 0.713. The first-order valence-corrected chi connectivity index (χ1v) is 6.52. The Labute approximate surface area is 116 Å². The van der Waals surface area contributed by atoms with Crippen LogP contribution in [0.1, 0.15) is 12.5 Å². The lowest BCUT2D eigenvalue weighted by molar-refractivity contribution is 0.319. The van der Waals surface area contributed by atoms with E-state index in [4.69, 9.17) is 21.1 Å². The maximum Gasteiger partial charge on any atom is 0.169 e. The molecule has 0 aliphatic rings. The molecule has 0 aromatic heterocycles. The number of benzene rings is 2. The second kappa shape index (κ2) is 6.43. The van der Waals surface area contributed by atoms with Crippen molar-refractivity contribution in [2.24, 2.45) is 0 Å². The summed E-state index contributed by atoms with van der Waals surface area (Å²) in [6.45, 7) is 2.40. The summed E-state index contributed by atoms with van der Waals surface area (Å²) in [6, 6.07) is 11.8. The molecule has 0 aliphatic heterocycles. The van der Waals surface area contributed by atoms with Gasteiger partial charge < -0.3 is 9.47 Å². The predicted octanol–water partition coefficient (Wildman–Crippen LogP) is 4.76. The Morgan fingerprint density at radius 2 is 1.79 bits per heavy atom. The normalized spacial score (nSPS) is 10.3. The SMILES string of the molecule is CCOc1ccccc1Oc1ccc(CCl)cc1F. The second-order valence-electron chi connectivity index (χ2n) is 3.88. The van der Waals surface area contributed by atoms with Crippen molar-refractivity contribution < 1.29 is 13.9 Å². The predicted molar refractivity (Wildman–Crippen MR) is 73.6 cm³/mol. The molecule has 2 rings (SSSR count). The Bertz CT molecular complexity index is 558. The van der Waals surface area contributed by atoms with Gasteiger partial charge in [0, 0.05) is 5.88 Å². The van der Waals surface area contributed by atoms with E-state index in [1.54, 1.807) is 24.3 Å². The number of halogens is 2. The highest BCUT2D eigenvalue weighted by Gasteiger charge is 2.09. The molecule has 2 nitrogen and oxygen atoms in total. The molecule has 2 aromatic rings. The van der Waals surface area contributed by atoms with Crippen molar-refractivity contribution >= 4 is 11.6 Å². The number of alkyl halides is 1. The van der Waals surface area contributed by atoms with Gasteiger partial charge in [-0.05, 0) is 36.8 Å². The summed E-state index contributed by atoms with van der Waals surface area (Å²) in [5.74, 6) is 1.06. The van der Waals surface area contributed by atoms with Gasteiger partial charge in [0.05, 0.1) is 6.61 Å². The van der Waals surface area contributed by atoms with E-state index in [0.717, 1.165) is 0 Å². The van der Waals surface area contributed by atoms with Crippen LogP contribution < -0.4 is 9.47 Å². The smallest absolute Gasteiger partial charge is 0.169 e. The van der Waals surface area contributed by atoms with Crippen molar-refractivity contribution in [2.75, 3.05) is 6.61 Å². The third-order valence-corrected chi connectivity index (χ3v) is 2.83. The van der Waals surface area contributed by atoms with Gasteiger partial charge >= 0.3 is 0 Å². The number of hydrogen-bond donors (Lipinski definition) is 0. The highest BCUT2D eigenvalue weighted by molar-refractivity contribution is 6.17. The van der Waals surface area contributed by atoms with Crippen molar-refractivity contribution in [1.29, 1.82) is 0 Å². The fourth-order valence-corrected chi connectivity index (χ4v) is 1.80. The van der Waals surface area contributed by atoms with E-state index in [0.29, 0.717) is 23.7 Å². The van der Waals surface area contributed by atoms with Crippen LogP contribution in [0.5, 0.6) is 17.2 Å². The molecule has 0 amide bonds. The quantitative estimate of drug-likeness (QED) is 0.736. The van der Waals surface area contributed by atoms with Gasteiger partial charge in [0.25, 0.3) is 0 Å². The van der Waals surface area contributed by atoms with Crippen molar-refractivity contribution in [3.8, 4) is 17.2 Å². The fraction of sp³-hybridized carbons (Fsp3) is 0.200. The third-order valence-electron chi connectivity index (χ3n) is 2.52. The molecule has 0 aliphatic carbocycles. The van der Waals surface area contributed by atoms with Gasteiger partial charge in [0.15, 0.2) is 23.1 Å². The van der Waals surface area contributed by atoms with Crippen molar-refractivity contribution in [3.05, 3.63) is 53.8 Å². The van der Waals surface area contributed by atoms with Crippen molar-refractivity contribution in [1.82, 2.24) is 0 Å². The zero-order valence-electron chi connectivity index (χ0n) is 10.5. The van der Waals surface area contributed by atoms with Crippen LogP contribution in [-0.4, -0.2) is 6.61 Å². The zero-order valence-corrected chi connectivity index (χ0v) is 11.3. The molecule has 0 saturated carbocycles. The fourth-order valence-electron chi connectivity index (χ4n) is 1.64. The molecule has 0 heterocycles. The lowest BCUT2D eigenvalue weighted by Crippen LogP contribution is -1.96. The molecular formula is C15H14ClFO2. The van der Waals surface area contributed by atoms with Crippen LogP contribution in [0.4, 0.5) is 4.39 Å². The molecule has 19 heavy (non-hydrogen) atoms. The highest BCUT2D eigenvalue weighted by Crippen LogP contribution is 2.32. The molecule has 100 valence electrons. The minimum atomic E-state index is -0.440. The molecule has 0 saturated heterocycles. The van der Waals surface area contributed by atoms with E-state index < -0.39 is 5.82 Å². The molecule has 2 aromatic carbocycles. The average Bonchev–Trinajstić information content (AvgIpc) is 2.43. The largest absolute Gasteiger partial charge is 0.490 e. The van der Waals surface area contributed by atoms with E-state index in [2.05, 4.69) is 0 Å². The molecule has 4 heteroatoms. The molecule has 0 fully saturated rings. The first-order chi connectivity index (χ1) is 9.24. The van der Waals surface area contributed by atoms with Crippen LogP contribution in [0, 0.1) is 5.82 Å². The molecule has 0 spiro atoms. The van der Waals surface area contributed by atoms with Crippen LogP contribution in [-0.2, 0) is 5.88 Å². The van der Waals surface area contributed by atoms with Crippen LogP contribution in [0.15, 0.2) is 42.5 Å². The van der Waals surface area contributed by atoms with Crippen LogP contribution in [0.2, 0.25) is 0 Å². The summed E-state index contributed by atoms with van der Waals surface area (Å²) in [4.78, 5) is 0. The molecular weight excluding hydrogens is 267 g/mol. The minimum absolute atomic E-state index is 0.154. The first-order valence-electron chi connectivity index (χ1n) is 5.98. The molecule has 0 N–H and O–H groups in total. The first kappa shape index (κ1) is 13.7. The third kappa shape index (κ3) is 3.38. The van der Waals surface area contributed by atoms with Gasteiger partial charge in [-0.1, -0.05) is 18.2 Å². The standard InChI is InChI=1S/C15H14ClFO2/c1-2-18-14-5-3-4-6-15(14)19-13-8-7-11(10-16)9-12(13)17/h3-9H,2,10H2,1H3. The monoisotopic (exact) mass is 280 g/mol. The van der Waals surface area contributed by atoms with Crippen LogP contribution in [0.3, 0.4) is 0 Å². The average molecular weight is 281 g/mol. The van der Waals surface area contributed by atoms with E-state index in [1.807, 2.05) is 19.1 Å². The van der Waals surface area contributed by atoms with E-state index in [9.17, 15) is 4.39 Å². The van der Waals surface area contributed by atoms with Crippen molar-refractivity contribution in [3.63, 3.8) is 0 Å². The highest BCUT2D eigenvalue weighted by atomic mass is 35.5. The summed E-state index contributed by atoms with van der Waals surface area (Å²) in [5, 5.41) is 0. The Morgan fingerprint density at radius 1 is 1.05 bits per heavy atom. The van der Waals surface area contributed by atoms with Gasteiger partial charge in [-0.2, -0.15) is 0 Å². The lowest BCUT2D eigenvalue weighted by atomic mass is 10.2. The minimum Gasteiger partial charge on any atom is -0.490 e. The maximum atomic E-state index is 13.8. The maximum absolute atomic E-state index is 13.8. The summed E-state index contributed by atoms with van der Waals surface area (Å²) in [6.07, 6.45) is 0. The lowest BCUT2D eigenvalue weighted by Gasteiger charge is -2.12. The number of hydrogen-bond acceptors (Lipinski definition) is 2. The number of rotatable bonds is 5. The van der Waals surface area contributed by atoms with Gasteiger partial charge in [0.2, 0.25) is 0 Å². The molecule has 0 atom stereocenters. The topological polar surface area (TPSA) is 18.5 Å². The zero-order chi connectivity index (χ0) is 13.7. The van der Waals surface area contributed by atoms with Gasteiger partial charge in [-0.25, -0.2) is 4.39 Å². The van der Waals surface area contributed by atoms with E-state index in [1.165, 1.54) is 6.07 Å².